The van der Waals surface area contributed by atoms with Crippen molar-refractivity contribution in [1.82, 2.24) is 18.8 Å². The highest BCUT2D eigenvalue weighted by atomic mass is 35.5. The van der Waals surface area contributed by atoms with Crippen molar-refractivity contribution in [3.05, 3.63) is 57.8 Å². The molecule has 1 amide bonds. The minimum atomic E-state index is -4.61. The van der Waals surface area contributed by atoms with E-state index in [0.717, 1.165) is 18.5 Å². The molecule has 1 aliphatic rings. The third kappa shape index (κ3) is 5.11. The number of likely N-dealkylation sites (N-methyl/N-ethyl adjacent to an activating group) is 1. The monoisotopic (exact) mass is 521 g/mol. The number of halogens is 5. The van der Waals surface area contributed by atoms with E-state index in [4.69, 9.17) is 11.6 Å². The van der Waals surface area contributed by atoms with E-state index in [-0.39, 0.29) is 21.7 Å². The van der Waals surface area contributed by atoms with Gasteiger partial charge in [0.05, 0.1) is 17.3 Å². The Bertz CT molecular complexity index is 1220. The van der Waals surface area contributed by atoms with E-state index in [1.807, 2.05) is 0 Å². The number of rotatable bonds is 4. The lowest BCUT2D eigenvalue weighted by Gasteiger charge is -2.35. The van der Waals surface area contributed by atoms with Gasteiger partial charge in [0.2, 0.25) is 5.91 Å². The summed E-state index contributed by atoms with van der Waals surface area (Å²) in [6.07, 6.45) is -2.37. The van der Waals surface area contributed by atoms with Gasteiger partial charge in [0.25, 0.3) is 0 Å². The van der Waals surface area contributed by atoms with Crippen LogP contribution in [-0.4, -0.2) is 37.3 Å². The molecule has 176 valence electrons. The van der Waals surface area contributed by atoms with Crippen LogP contribution in [0.4, 0.5) is 23.2 Å². The summed E-state index contributed by atoms with van der Waals surface area (Å²) in [6.45, 7) is 0. The van der Waals surface area contributed by atoms with Gasteiger partial charge in [-0.25, -0.2) is 17.6 Å². The van der Waals surface area contributed by atoms with Crippen LogP contribution in [-0.2, 0) is 22.3 Å². The Morgan fingerprint density at radius 2 is 2.09 bits per heavy atom. The molecule has 0 bridgehead atoms. The van der Waals surface area contributed by atoms with E-state index in [1.54, 1.807) is 11.4 Å². The van der Waals surface area contributed by atoms with Crippen molar-refractivity contribution in [2.45, 2.75) is 24.8 Å². The average Bonchev–Trinajstić information content (AvgIpc) is 3.42. The van der Waals surface area contributed by atoms with Gasteiger partial charge >= 0.3 is 6.30 Å². The Kier molecular flexibility index (Phi) is 6.60. The minimum Gasteiger partial charge on any atom is -0.325 e. The van der Waals surface area contributed by atoms with Gasteiger partial charge < -0.3 is 5.32 Å². The highest BCUT2D eigenvalue weighted by Crippen LogP contribution is 2.35. The van der Waals surface area contributed by atoms with Crippen molar-refractivity contribution in [2.24, 2.45) is 0 Å². The summed E-state index contributed by atoms with van der Waals surface area (Å²) in [6, 6.07) is 4.17. The second kappa shape index (κ2) is 9.14. The van der Waals surface area contributed by atoms with Gasteiger partial charge in [-0.3, -0.25) is 4.79 Å². The largest absolute Gasteiger partial charge is 0.504 e. The maximum Gasteiger partial charge on any atom is 0.504 e. The molecule has 2 N–H and O–H groups in total. The second-order valence-corrected chi connectivity index (χ2v) is 9.87. The number of alkyl halides is 3. The number of carbonyl (C=O) groups excluding carboxylic acids is 1. The molecule has 3 aromatic rings. The normalized spacial score (nSPS) is 21.8. The number of benzene rings is 1. The van der Waals surface area contributed by atoms with Crippen LogP contribution in [0.15, 0.2) is 42.0 Å². The lowest BCUT2D eigenvalue weighted by molar-refractivity contribution is -0.212. The molecule has 3 heterocycles. The van der Waals surface area contributed by atoms with Crippen LogP contribution in [0, 0.1) is 5.82 Å². The van der Waals surface area contributed by atoms with Gasteiger partial charge in [-0.15, -0.1) is 24.5 Å². The van der Waals surface area contributed by atoms with Gasteiger partial charge in [-0.2, -0.15) is 9.78 Å². The summed E-state index contributed by atoms with van der Waals surface area (Å²) >= 11 is 5.33. The Balaban J connectivity index is 1.51. The maximum atomic E-state index is 13.4. The van der Waals surface area contributed by atoms with Crippen molar-refractivity contribution in [3.63, 3.8) is 0 Å². The van der Waals surface area contributed by atoms with Crippen molar-refractivity contribution in [3.8, 4) is 11.1 Å². The number of hydrogen-bond acceptors (Lipinski definition) is 4. The van der Waals surface area contributed by atoms with Crippen molar-refractivity contribution >= 4 is 45.7 Å². The first-order valence-electron chi connectivity index (χ1n) is 9.40. The molecule has 0 aliphatic carbocycles. The van der Waals surface area contributed by atoms with Gasteiger partial charge in [0.1, 0.15) is 11.9 Å². The van der Waals surface area contributed by atoms with E-state index in [1.165, 1.54) is 34.8 Å². The molecule has 0 radical (unpaired) electrons. The number of hydrogen-bond donors (Lipinski definition) is 2. The van der Waals surface area contributed by atoms with Crippen LogP contribution in [0.5, 0.6) is 0 Å². The first kappa shape index (κ1) is 23.8. The molecule has 1 fully saturated rings. The fraction of sp³-hybridized carbons (Fsp3) is 0.263. The molecule has 4 rings (SSSR count). The zero-order valence-electron chi connectivity index (χ0n) is 16.8. The Labute approximate surface area is 197 Å². The molecular formula is C19H16ClF4N5O2S2. The third-order valence-electron chi connectivity index (χ3n) is 5.03. The number of thiophene rings is 1. The zero-order chi connectivity index (χ0) is 23.9. The molecule has 3 unspecified atom stereocenters. The molecule has 1 aromatic carbocycles. The van der Waals surface area contributed by atoms with E-state index >= 15 is 0 Å². The molecule has 33 heavy (non-hydrogen) atoms. The van der Waals surface area contributed by atoms with Crippen LogP contribution < -0.4 is 10.0 Å². The first-order valence-corrected chi connectivity index (χ1v) is 11.8. The van der Waals surface area contributed by atoms with Crippen LogP contribution in [0.2, 0.25) is 5.02 Å². The Morgan fingerprint density at radius 3 is 2.76 bits per heavy atom. The smallest absolute Gasteiger partial charge is 0.325 e. The Morgan fingerprint density at radius 1 is 1.33 bits per heavy atom. The quantitative estimate of drug-likeness (QED) is 0.498. The van der Waals surface area contributed by atoms with Crippen LogP contribution in [0.1, 0.15) is 17.3 Å². The van der Waals surface area contributed by atoms with Gasteiger partial charge in [0, 0.05) is 29.4 Å². The van der Waals surface area contributed by atoms with E-state index in [0.29, 0.717) is 16.1 Å². The number of anilines is 1. The number of nitrogens with zero attached hydrogens (tertiary/aromatic N) is 3. The molecule has 14 heteroatoms. The lowest BCUT2D eigenvalue weighted by Crippen LogP contribution is -2.52. The van der Waals surface area contributed by atoms with E-state index in [2.05, 4.69) is 15.1 Å². The van der Waals surface area contributed by atoms with Gasteiger partial charge in [-0.05, 0) is 41.6 Å². The molecular weight excluding hydrogens is 506 g/mol. The lowest BCUT2D eigenvalue weighted by atomic mass is 10.0. The van der Waals surface area contributed by atoms with Crippen LogP contribution in [0.3, 0.4) is 0 Å². The summed E-state index contributed by atoms with van der Waals surface area (Å²) in [5.74, 6) is -1.08. The highest BCUT2D eigenvalue weighted by Gasteiger charge is 2.37. The predicted molar refractivity (Wildman–Crippen MR) is 117 cm³/mol. The summed E-state index contributed by atoms with van der Waals surface area (Å²) in [4.78, 5) is 13.6. The SMILES string of the molecule is CN1C(C(=O)Nc2ccc(F)c(Cl)c2)CC(c2cc(-c3cnn(C(F)(F)F)c3)cs2)NS1=O. The summed E-state index contributed by atoms with van der Waals surface area (Å²) in [5.41, 5.74) is 1.10. The summed E-state index contributed by atoms with van der Waals surface area (Å²) in [7, 11) is 1.52. The van der Waals surface area contributed by atoms with Crippen molar-refractivity contribution < 1.29 is 26.6 Å². The number of aromatic nitrogens is 2. The number of nitrogens with one attached hydrogen (secondary N) is 2. The van der Waals surface area contributed by atoms with E-state index < -0.39 is 41.3 Å². The highest BCUT2D eigenvalue weighted by molar-refractivity contribution is 7.80. The third-order valence-corrected chi connectivity index (χ3v) is 7.63. The number of amides is 1. The summed E-state index contributed by atoms with van der Waals surface area (Å²) < 4.78 is 68.5. The molecule has 1 aliphatic heterocycles. The molecule has 2 aromatic heterocycles. The Hall–Kier alpha value is -2.32. The molecule has 0 saturated carbocycles. The van der Waals surface area contributed by atoms with Gasteiger partial charge in [0.15, 0.2) is 11.2 Å². The second-order valence-electron chi connectivity index (χ2n) is 7.21. The van der Waals surface area contributed by atoms with E-state index in [9.17, 15) is 26.6 Å². The van der Waals surface area contributed by atoms with Crippen LogP contribution in [0.25, 0.3) is 11.1 Å². The molecule has 7 nitrogen and oxygen atoms in total. The summed E-state index contributed by atoms with van der Waals surface area (Å²) in [5, 5.41) is 7.50. The maximum absolute atomic E-state index is 13.4. The fourth-order valence-electron chi connectivity index (χ4n) is 3.28. The molecule has 0 spiro atoms. The standard InChI is InChI=1S/C19H16ClF4N5O2S2/c1-28-16(18(30)26-12-2-3-14(21)13(20)5-12)6-15(27-33(28)31)17-4-10(9-32-17)11-7-25-29(8-11)19(22,23)24/h2-5,7-9,15-16,27H,6H2,1H3,(H,26,30). The first-order chi connectivity index (χ1) is 15.5. The molecule has 1 saturated heterocycles. The fourth-order valence-corrected chi connectivity index (χ4v) is 5.57. The average molecular weight is 522 g/mol. The predicted octanol–water partition coefficient (Wildman–Crippen LogP) is 4.43. The number of carbonyl (C=O) groups is 1. The molecule has 3 atom stereocenters. The van der Waals surface area contributed by atoms with Crippen molar-refractivity contribution in [1.29, 1.82) is 0 Å². The van der Waals surface area contributed by atoms with Crippen LogP contribution >= 0.6 is 22.9 Å². The van der Waals surface area contributed by atoms with Gasteiger partial charge in [-0.1, -0.05) is 11.6 Å². The topological polar surface area (TPSA) is 79.3 Å². The minimum absolute atomic E-state index is 0.0787. The zero-order valence-corrected chi connectivity index (χ0v) is 19.2. The van der Waals surface area contributed by atoms with Crippen molar-refractivity contribution in [2.75, 3.05) is 12.4 Å².